The van der Waals surface area contributed by atoms with E-state index in [9.17, 15) is 9.59 Å². The first kappa shape index (κ1) is 24.1. The zero-order chi connectivity index (χ0) is 22.1. The van der Waals surface area contributed by atoms with Gasteiger partial charge in [0, 0.05) is 11.6 Å². The topological polar surface area (TPSA) is 49.4 Å². The average molecular weight is 429 g/mol. The Bertz CT molecular complexity index is 807. The summed E-state index contributed by atoms with van der Waals surface area (Å²) in [7, 11) is 0. The molecule has 2 aromatic rings. The van der Waals surface area contributed by atoms with E-state index >= 15 is 0 Å². The molecule has 0 spiro atoms. The summed E-state index contributed by atoms with van der Waals surface area (Å²) in [5.74, 6) is -0.334. The molecule has 0 atom stereocenters. The number of nitrogens with one attached hydrogen (secondary N) is 1. The van der Waals surface area contributed by atoms with Crippen LogP contribution in [0.15, 0.2) is 48.5 Å². The fourth-order valence-corrected chi connectivity index (χ4v) is 4.23. The number of carbonyl (C=O) groups excluding carboxylic acids is 2. The fraction of sp³-hybridized carbons (Fsp3) is 0.440. The highest BCUT2D eigenvalue weighted by Crippen LogP contribution is 2.36. The second-order valence-electron chi connectivity index (χ2n) is 7.30. The van der Waals surface area contributed by atoms with Gasteiger partial charge in [-0.05, 0) is 67.6 Å². The van der Waals surface area contributed by atoms with Gasteiger partial charge in [0.05, 0.1) is 11.1 Å². The Morgan fingerprint density at radius 3 is 1.87 bits per heavy atom. The summed E-state index contributed by atoms with van der Waals surface area (Å²) in [5, 5.41) is 4.11. The number of carbonyl (C=O) groups is 2. The molecule has 4 rings (SSSR count). The van der Waals surface area contributed by atoms with Crippen molar-refractivity contribution in [2.45, 2.75) is 47.0 Å². The lowest BCUT2D eigenvalue weighted by atomic mass is 9.73. The van der Waals surface area contributed by atoms with Crippen LogP contribution in [-0.2, 0) is 6.42 Å². The zero-order valence-electron chi connectivity index (χ0n) is 18.5. The van der Waals surface area contributed by atoms with E-state index in [1.54, 1.807) is 12.1 Å². The van der Waals surface area contributed by atoms with E-state index in [2.05, 4.69) is 5.32 Å². The maximum Gasteiger partial charge on any atom is 0.261 e. The third-order valence-corrected chi connectivity index (χ3v) is 5.78. The molecule has 4 nitrogen and oxygen atoms in total. The van der Waals surface area contributed by atoms with Gasteiger partial charge >= 0.3 is 0 Å². The Morgan fingerprint density at radius 1 is 0.867 bits per heavy atom. The minimum absolute atomic E-state index is 0.105. The molecule has 1 saturated heterocycles. The standard InChI is InChI=1S/C21H21ClN2O2.2C2H6/c22-16-7-5-15(6-8-16)13-21(9-11-23-12-10-21)14-24-19(25)17-3-1-2-4-18(17)20(24)26;2*1-2/h1-8,23H,9-14H2;2*1-2H3. The largest absolute Gasteiger partial charge is 0.317 e. The molecule has 0 radical (unpaired) electrons. The third kappa shape index (κ3) is 5.30. The number of hydrogen-bond acceptors (Lipinski definition) is 3. The molecule has 2 aliphatic rings. The monoisotopic (exact) mass is 428 g/mol. The van der Waals surface area contributed by atoms with Crippen LogP contribution >= 0.6 is 11.6 Å². The van der Waals surface area contributed by atoms with Gasteiger partial charge in [0.15, 0.2) is 0 Å². The summed E-state index contributed by atoms with van der Waals surface area (Å²) < 4.78 is 0. The van der Waals surface area contributed by atoms with E-state index in [1.165, 1.54) is 10.5 Å². The molecule has 30 heavy (non-hydrogen) atoms. The average Bonchev–Trinajstić information content (AvgIpc) is 3.04. The smallest absolute Gasteiger partial charge is 0.261 e. The number of rotatable bonds is 4. The number of piperidine rings is 1. The van der Waals surface area contributed by atoms with Crippen LogP contribution in [0.2, 0.25) is 5.02 Å². The third-order valence-electron chi connectivity index (χ3n) is 5.53. The Hall–Kier alpha value is -2.17. The van der Waals surface area contributed by atoms with Crippen molar-refractivity contribution in [1.82, 2.24) is 10.2 Å². The maximum atomic E-state index is 12.8. The summed E-state index contributed by atoms with van der Waals surface area (Å²) in [4.78, 5) is 27.0. The Kier molecular flexibility index (Phi) is 9.07. The van der Waals surface area contributed by atoms with Gasteiger partial charge in [0.25, 0.3) is 11.8 Å². The Morgan fingerprint density at radius 2 is 1.37 bits per heavy atom. The first-order valence-corrected chi connectivity index (χ1v) is 11.4. The van der Waals surface area contributed by atoms with Crippen LogP contribution in [0.3, 0.4) is 0 Å². The Balaban J connectivity index is 0.000000757. The van der Waals surface area contributed by atoms with Crippen LogP contribution in [0.5, 0.6) is 0 Å². The van der Waals surface area contributed by atoms with Gasteiger partial charge in [-0.3, -0.25) is 14.5 Å². The molecule has 1 N–H and O–H groups in total. The maximum absolute atomic E-state index is 12.8. The quantitative estimate of drug-likeness (QED) is 0.644. The van der Waals surface area contributed by atoms with Crippen molar-refractivity contribution in [2.24, 2.45) is 5.41 Å². The van der Waals surface area contributed by atoms with Gasteiger partial charge in [-0.25, -0.2) is 0 Å². The van der Waals surface area contributed by atoms with E-state index in [4.69, 9.17) is 11.6 Å². The summed E-state index contributed by atoms with van der Waals surface area (Å²) in [5.41, 5.74) is 2.13. The van der Waals surface area contributed by atoms with Crippen molar-refractivity contribution in [3.8, 4) is 0 Å². The molecule has 162 valence electrons. The van der Waals surface area contributed by atoms with E-state index in [-0.39, 0.29) is 17.2 Å². The van der Waals surface area contributed by atoms with Crippen LogP contribution in [0.25, 0.3) is 0 Å². The van der Waals surface area contributed by atoms with Gasteiger partial charge in [0.2, 0.25) is 0 Å². The zero-order valence-corrected chi connectivity index (χ0v) is 19.3. The predicted octanol–water partition coefficient (Wildman–Crippen LogP) is 5.60. The van der Waals surface area contributed by atoms with Gasteiger partial charge in [-0.2, -0.15) is 0 Å². The predicted molar refractivity (Wildman–Crippen MR) is 124 cm³/mol. The van der Waals surface area contributed by atoms with Crippen LogP contribution in [0.4, 0.5) is 0 Å². The summed E-state index contributed by atoms with van der Waals surface area (Å²) in [6.07, 6.45) is 2.70. The number of imide groups is 1. The van der Waals surface area contributed by atoms with Crippen molar-refractivity contribution < 1.29 is 9.59 Å². The summed E-state index contributed by atoms with van der Waals surface area (Å²) in [6.45, 7) is 10.3. The van der Waals surface area contributed by atoms with Crippen molar-refractivity contribution >= 4 is 23.4 Å². The molecule has 0 aliphatic carbocycles. The minimum Gasteiger partial charge on any atom is -0.317 e. The number of hydrogen-bond donors (Lipinski definition) is 1. The number of benzene rings is 2. The molecule has 0 bridgehead atoms. The second kappa shape index (κ2) is 11.3. The van der Waals surface area contributed by atoms with Crippen molar-refractivity contribution in [3.63, 3.8) is 0 Å². The molecule has 2 aromatic carbocycles. The SMILES string of the molecule is CC.CC.O=C1c2ccccc2C(=O)N1CC1(Cc2ccc(Cl)cc2)CCNCC1. The van der Waals surface area contributed by atoms with Gasteiger partial charge in [0.1, 0.15) is 0 Å². The van der Waals surface area contributed by atoms with Crippen LogP contribution < -0.4 is 5.32 Å². The second-order valence-corrected chi connectivity index (χ2v) is 7.73. The van der Waals surface area contributed by atoms with Crippen LogP contribution in [0.1, 0.15) is 66.8 Å². The highest BCUT2D eigenvalue weighted by atomic mass is 35.5. The van der Waals surface area contributed by atoms with Gasteiger partial charge < -0.3 is 5.32 Å². The van der Waals surface area contributed by atoms with Gasteiger partial charge in [-0.15, -0.1) is 0 Å². The summed E-state index contributed by atoms with van der Waals surface area (Å²) >= 11 is 6.01. The van der Waals surface area contributed by atoms with Crippen LogP contribution in [0, 0.1) is 5.41 Å². The highest BCUT2D eigenvalue weighted by Gasteiger charge is 2.42. The molecule has 0 unspecified atom stereocenters. The minimum atomic E-state index is -0.167. The summed E-state index contributed by atoms with van der Waals surface area (Å²) in [6, 6.07) is 15.0. The molecule has 0 aromatic heterocycles. The normalized spacial score (nSPS) is 16.8. The van der Waals surface area contributed by atoms with Crippen LogP contribution in [-0.4, -0.2) is 36.3 Å². The lowest BCUT2D eigenvalue weighted by molar-refractivity contribution is 0.0523. The molecular formula is C25H33ClN2O2. The van der Waals surface area contributed by atoms with Crippen molar-refractivity contribution in [2.75, 3.05) is 19.6 Å². The molecule has 2 amide bonds. The molecule has 2 aliphatic heterocycles. The van der Waals surface area contributed by atoms with E-state index in [0.717, 1.165) is 32.4 Å². The first-order chi connectivity index (χ1) is 14.6. The molecule has 0 saturated carbocycles. The molecule has 5 heteroatoms. The lowest BCUT2D eigenvalue weighted by Gasteiger charge is -2.40. The number of fused-ring (bicyclic) bond motifs is 1. The molecule has 1 fully saturated rings. The van der Waals surface area contributed by atoms with E-state index < -0.39 is 0 Å². The Labute approximate surface area is 185 Å². The molecule has 2 heterocycles. The van der Waals surface area contributed by atoms with Gasteiger partial charge in [-0.1, -0.05) is 63.6 Å². The van der Waals surface area contributed by atoms with Crippen molar-refractivity contribution in [3.05, 3.63) is 70.2 Å². The first-order valence-electron chi connectivity index (χ1n) is 11.0. The van der Waals surface area contributed by atoms with E-state index in [1.807, 2.05) is 64.1 Å². The number of amides is 2. The lowest BCUT2D eigenvalue weighted by Crippen LogP contribution is -2.47. The highest BCUT2D eigenvalue weighted by molar-refractivity contribution is 6.30. The molecular weight excluding hydrogens is 396 g/mol. The van der Waals surface area contributed by atoms with Crippen molar-refractivity contribution in [1.29, 1.82) is 0 Å². The fourth-order valence-electron chi connectivity index (χ4n) is 4.10. The number of halogens is 1. The number of nitrogens with zero attached hydrogens (tertiary/aromatic N) is 1. The van der Waals surface area contributed by atoms with E-state index in [0.29, 0.717) is 22.7 Å².